The van der Waals surface area contributed by atoms with Crippen molar-refractivity contribution in [3.63, 3.8) is 0 Å². The van der Waals surface area contributed by atoms with E-state index in [4.69, 9.17) is 5.84 Å². The first-order chi connectivity index (χ1) is 8.20. The molecule has 2 aliphatic carbocycles. The lowest BCUT2D eigenvalue weighted by molar-refractivity contribution is 0.257. The van der Waals surface area contributed by atoms with Crippen LogP contribution in [0.1, 0.15) is 58.8 Å². The molecule has 0 aliphatic heterocycles. The van der Waals surface area contributed by atoms with Gasteiger partial charge in [-0.2, -0.15) is 0 Å². The van der Waals surface area contributed by atoms with Gasteiger partial charge in [-0.05, 0) is 50.4 Å². The Bertz CT molecular complexity index is 260. The molecule has 0 aromatic heterocycles. The molecule has 0 saturated heterocycles. The highest BCUT2D eigenvalue weighted by molar-refractivity contribution is 5.17. The van der Waals surface area contributed by atoms with Crippen LogP contribution < -0.4 is 11.3 Å². The molecule has 0 heterocycles. The van der Waals surface area contributed by atoms with Crippen molar-refractivity contribution in [3.8, 4) is 0 Å². The van der Waals surface area contributed by atoms with Crippen molar-refractivity contribution < 1.29 is 0 Å². The molecule has 2 fully saturated rings. The standard InChI is InChI=1S/C15H28N2/c1-11-8-13(9-11)10-15(12(2)17-16)14-6-4-3-5-7-14/h10-14,17H,3-9,16H2,1-2H3/b15-10+. The van der Waals surface area contributed by atoms with Crippen molar-refractivity contribution >= 4 is 0 Å². The third kappa shape index (κ3) is 3.32. The van der Waals surface area contributed by atoms with Crippen molar-refractivity contribution in [3.05, 3.63) is 11.6 Å². The first-order valence-corrected chi connectivity index (χ1v) is 7.38. The number of hydrazine groups is 1. The quantitative estimate of drug-likeness (QED) is 0.446. The largest absolute Gasteiger partial charge is 0.271 e. The van der Waals surface area contributed by atoms with Gasteiger partial charge in [0.05, 0.1) is 0 Å². The molecule has 0 aromatic carbocycles. The molecule has 0 aromatic rings. The molecule has 0 spiro atoms. The monoisotopic (exact) mass is 236 g/mol. The zero-order chi connectivity index (χ0) is 12.3. The minimum Gasteiger partial charge on any atom is -0.271 e. The molecule has 1 unspecified atom stereocenters. The van der Waals surface area contributed by atoms with E-state index in [-0.39, 0.29) is 0 Å². The van der Waals surface area contributed by atoms with Crippen LogP contribution in [0, 0.1) is 17.8 Å². The Morgan fingerprint density at radius 1 is 1.24 bits per heavy atom. The second kappa shape index (κ2) is 6.01. The number of hydrogen-bond acceptors (Lipinski definition) is 2. The highest BCUT2D eigenvalue weighted by Gasteiger charge is 2.27. The Kier molecular flexibility index (Phi) is 4.63. The van der Waals surface area contributed by atoms with E-state index in [9.17, 15) is 0 Å². The van der Waals surface area contributed by atoms with E-state index in [0.717, 1.165) is 17.8 Å². The van der Waals surface area contributed by atoms with Crippen LogP contribution in [0.25, 0.3) is 0 Å². The van der Waals surface area contributed by atoms with Gasteiger partial charge in [-0.1, -0.05) is 37.8 Å². The fraction of sp³-hybridized carbons (Fsp3) is 0.867. The van der Waals surface area contributed by atoms with E-state index < -0.39 is 0 Å². The molecule has 3 N–H and O–H groups in total. The first kappa shape index (κ1) is 13.1. The maximum absolute atomic E-state index is 5.65. The highest BCUT2D eigenvalue weighted by atomic mass is 15.2. The van der Waals surface area contributed by atoms with Gasteiger partial charge in [0, 0.05) is 6.04 Å². The van der Waals surface area contributed by atoms with Gasteiger partial charge >= 0.3 is 0 Å². The molecule has 2 rings (SSSR count). The molecule has 2 aliphatic rings. The Hall–Kier alpha value is -0.340. The fourth-order valence-corrected chi connectivity index (χ4v) is 3.54. The third-order valence-corrected chi connectivity index (χ3v) is 4.66. The molecule has 2 heteroatoms. The van der Waals surface area contributed by atoms with Crippen molar-refractivity contribution in [1.82, 2.24) is 5.43 Å². The Balaban J connectivity index is 2.01. The molecule has 2 saturated carbocycles. The third-order valence-electron chi connectivity index (χ3n) is 4.66. The van der Waals surface area contributed by atoms with Gasteiger partial charge in [-0.15, -0.1) is 0 Å². The Morgan fingerprint density at radius 2 is 1.88 bits per heavy atom. The van der Waals surface area contributed by atoms with Gasteiger partial charge in [0.1, 0.15) is 0 Å². The Labute approximate surface area is 106 Å². The summed E-state index contributed by atoms with van der Waals surface area (Å²) in [7, 11) is 0. The number of allylic oxidation sites excluding steroid dienone is 1. The summed E-state index contributed by atoms with van der Waals surface area (Å²) in [6.45, 7) is 4.57. The van der Waals surface area contributed by atoms with E-state index in [1.165, 1.54) is 44.9 Å². The lowest BCUT2D eigenvalue weighted by atomic mass is 9.72. The van der Waals surface area contributed by atoms with E-state index in [2.05, 4.69) is 25.3 Å². The molecule has 0 amide bonds. The highest BCUT2D eigenvalue weighted by Crippen LogP contribution is 2.38. The Morgan fingerprint density at radius 3 is 2.41 bits per heavy atom. The number of rotatable bonds is 4. The van der Waals surface area contributed by atoms with Gasteiger partial charge in [0.25, 0.3) is 0 Å². The predicted octanol–water partition coefficient (Wildman–Crippen LogP) is 3.39. The van der Waals surface area contributed by atoms with Gasteiger partial charge in [-0.3, -0.25) is 11.3 Å². The van der Waals surface area contributed by atoms with Crippen LogP contribution in [0.4, 0.5) is 0 Å². The summed E-state index contributed by atoms with van der Waals surface area (Å²) in [6.07, 6.45) is 12.3. The van der Waals surface area contributed by atoms with Crippen molar-refractivity contribution in [1.29, 1.82) is 0 Å². The fourth-order valence-electron chi connectivity index (χ4n) is 3.54. The molecule has 17 heavy (non-hydrogen) atoms. The maximum Gasteiger partial charge on any atom is 0.0394 e. The molecule has 0 radical (unpaired) electrons. The van der Waals surface area contributed by atoms with Crippen LogP contribution >= 0.6 is 0 Å². The number of nitrogens with one attached hydrogen (secondary N) is 1. The van der Waals surface area contributed by atoms with Gasteiger partial charge in [0.15, 0.2) is 0 Å². The first-order valence-electron chi connectivity index (χ1n) is 7.38. The van der Waals surface area contributed by atoms with Crippen molar-refractivity contribution in [2.75, 3.05) is 0 Å². The van der Waals surface area contributed by atoms with Crippen LogP contribution in [0.5, 0.6) is 0 Å². The molecular weight excluding hydrogens is 208 g/mol. The summed E-state index contributed by atoms with van der Waals surface area (Å²) in [6, 6.07) is 0.356. The van der Waals surface area contributed by atoms with Gasteiger partial charge in [-0.25, -0.2) is 0 Å². The summed E-state index contributed by atoms with van der Waals surface area (Å²) in [5, 5.41) is 0. The average Bonchev–Trinajstić information content (AvgIpc) is 2.33. The van der Waals surface area contributed by atoms with Crippen LogP contribution in [-0.4, -0.2) is 6.04 Å². The van der Waals surface area contributed by atoms with Gasteiger partial charge < -0.3 is 0 Å². The maximum atomic E-state index is 5.65. The second-order valence-corrected chi connectivity index (χ2v) is 6.23. The van der Waals surface area contributed by atoms with E-state index in [0.29, 0.717) is 6.04 Å². The zero-order valence-electron chi connectivity index (χ0n) is 11.4. The van der Waals surface area contributed by atoms with Crippen LogP contribution in [0.15, 0.2) is 11.6 Å². The molecule has 1 atom stereocenters. The van der Waals surface area contributed by atoms with Crippen LogP contribution in [0.3, 0.4) is 0 Å². The SMILES string of the molecule is CC1CC(/C=C(/C2CCCCC2)C(C)NN)C1. The topological polar surface area (TPSA) is 38.0 Å². The molecule has 2 nitrogen and oxygen atoms in total. The lowest BCUT2D eigenvalue weighted by Crippen LogP contribution is -2.37. The average molecular weight is 236 g/mol. The number of hydrogen-bond donors (Lipinski definition) is 2. The lowest BCUT2D eigenvalue weighted by Gasteiger charge is -2.34. The van der Waals surface area contributed by atoms with E-state index >= 15 is 0 Å². The molecular formula is C15H28N2. The molecule has 98 valence electrons. The van der Waals surface area contributed by atoms with Crippen LogP contribution in [-0.2, 0) is 0 Å². The predicted molar refractivity (Wildman–Crippen MR) is 73.3 cm³/mol. The van der Waals surface area contributed by atoms with Crippen LogP contribution in [0.2, 0.25) is 0 Å². The minimum atomic E-state index is 0.356. The minimum absolute atomic E-state index is 0.356. The normalized spacial score (nSPS) is 33.2. The van der Waals surface area contributed by atoms with E-state index in [1.54, 1.807) is 5.57 Å². The molecule has 0 bridgehead atoms. The van der Waals surface area contributed by atoms with Gasteiger partial charge in [0.2, 0.25) is 0 Å². The van der Waals surface area contributed by atoms with Crippen molar-refractivity contribution in [2.45, 2.75) is 64.8 Å². The summed E-state index contributed by atoms with van der Waals surface area (Å²) in [4.78, 5) is 0. The number of nitrogens with two attached hydrogens (primary N) is 1. The van der Waals surface area contributed by atoms with Crippen molar-refractivity contribution in [2.24, 2.45) is 23.6 Å². The summed E-state index contributed by atoms with van der Waals surface area (Å²) >= 11 is 0. The second-order valence-electron chi connectivity index (χ2n) is 6.23. The smallest absolute Gasteiger partial charge is 0.0394 e. The summed E-state index contributed by atoms with van der Waals surface area (Å²) in [5.41, 5.74) is 4.56. The van der Waals surface area contributed by atoms with E-state index in [1.807, 2.05) is 0 Å². The summed E-state index contributed by atoms with van der Waals surface area (Å²) < 4.78 is 0. The summed E-state index contributed by atoms with van der Waals surface area (Å²) in [5.74, 6) is 8.21. The zero-order valence-corrected chi connectivity index (χ0v) is 11.4.